The molecule has 0 aliphatic heterocycles. The van der Waals surface area contributed by atoms with Crippen LogP contribution in [0.25, 0.3) is 11.1 Å². The molecule has 2 rings (SSSR count). The van der Waals surface area contributed by atoms with Gasteiger partial charge in [-0.3, -0.25) is 0 Å². The van der Waals surface area contributed by atoms with Gasteiger partial charge in [-0.05, 0) is 12.1 Å². The first-order valence-corrected chi connectivity index (χ1v) is 14.2. The summed E-state index contributed by atoms with van der Waals surface area (Å²) in [4.78, 5) is -6.29. The van der Waals surface area contributed by atoms with Crippen LogP contribution in [0, 0.1) is 0 Å². The van der Waals surface area contributed by atoms with E-state index < -0.39 is 92.7 Å². The molecule has 0 fully saturated rings. The molecule has 0 saturated heterocycles. The van der Waals surface area contributed by atoms with Crippen LogP contribution in [-0.4, -0.2) is 66.1 Å². The molecule has 38 heavy (non-hydrogen) atoms. The third-order valence-electron chi connectivity index (χ3n) is 4.02. The summed E-state index contributed by atoms with van der Waals surface area (Å²) in [6.07, 6.45) is 0. The Hall–Kier alpha value is 2.26. The first-order chi connectivity index (χ1) is 15.2. The topological polar surface area (TPSA) is 247 Å². The van der Waals surface area contributed by atoms with Gasteiger partial charge in [0, 0.05) is 11.1 Å². The van der Waals surface area contributed by atoms with Crippen molar-refractivity contribution in [1.29, 1.82) is 0 Å². The van der Waals surface area contributed by atoms with E-state index in [1.807, 2.05) is 0 Å². The van der Waals surface area contributed by atoms with Gasteiger partial charge < -0.3 is 27.7 Å². The summed E-state index contributed by atoms with van der Waals surface area (Å²) in [7, 11) is -21.3. The molecule has 2 aromatic rings. The first kappa shape index (κ1) is 44.7. The van der Waals surface area contributed by atoms with E-state index >= 15 is 0 Å². The van der Waals surface area contributed by atoms with Gasteiger partial charge in [-0.15, -0.1) is 0 Å². The third kappa shape index (κ3) is 9.63. The van der Waals surface area contributed by atoms with Gasteiger partial charge in [-0.25, -0.2) is 33.7 Å². The molecule has 14 nitrogen and oxygen atoms in total. The largest absolute Gasteiger partial charge is 1.00 e. The SMILES string of the molecule is COc1c(-c2cc(S(=O)(=O)[O-])c(Cl)c(S(=O)(=O)[O-])c2OC)cc(S(=O)(=O)[O-])c(Cl)c1S(=O)(=O)[O-].[Na+].[Na+].[Na+].[Na+]. The van der Waals surface area contributed by atoms with Crippen LogP contribution in [-0.2, 0) is 40.5 Å². The van der Waals surface area contributed by atoms with Gasteiger partial charge in [0.15, 0.2) is 0 Å². The second kappa shape index (κ2) is 15.8. The summed E-state index contributed by atoms with van der Waals surface area (Å²) in [6, 6.07) is 0.568. The Bertz CT molecular complexity index is 1520. The molecule has 0 N–H and O–H groups in total. The second-order valence-corrected chi connectivity index (χ2v) is 12.1. The molecule has 2 aromatic carbocycles. The smallest absolute Gasteiger partial charge is 0.744 e. The third-order valence-corrected chi connectivity index (χ3v) is 8.75. The number of hydrogen-bond donors (Lipinski definition) is 0. The Morgan fingerprint density at radius 2 is 0.789 bits per heavy atom. The zero-order chi connectivity index (χ0) is 26.6. The van der Waals surface area contributed by atoms with E-state index in [1.165, 1.54) is 0 Å². The van der Waals surface area contributed by atoms with E-state index in [9.17, 15) is 51.9 Å². The molecule has 0 heterocycles. The van der Waals surface area contributed by atoms with Crippen molar-refractivity contribution in [2.45, 2.75) is 19.6 Å². The maximum absolute atomic E-state index is 11.8. The summed E-state index contributed by atoms with van der Waals surface area (Å²) in [6.45, 7) is 0. The van der Waals surface area contributed by atoms with Crippen molar-refractivity contribution in [2.75, 3.05) is 14.2 Å². The van der Waals surface area contributed by atoms with E-state index in [1.54, 1.807) is 0 Å². The van der Waals surface area contributed by atoms with E-state index in [-0.39, 0.29) is 130 Å². The van der Waals surface area contributed by atoms with Gasteiger partial charge in [-0.1, -0.05) is 23.2 Å². The molecule has 0 unspecified atom stereocenters. The monoisotopic (exact) mass is 690 g/mol. The predicted octanol–water partition coefficient (Wildman–Crippen LogP) is -11.7. The molecule has 0 aliphatic carbocycles. The Kier molecular flexibility index (Phi) is 18.6. The van der Waals surface area contributed by atoms with Crippen molar-refractivity contribution in [3.8, 4) is 22.6 Å². The average Bonchev–Trinajstić information content (AvgIpc) is 2.62. The van der Waals surface area contributed by atoms with Crippen molar-refractivity contribution < 1.29 is 180 Å². The fourth-order valence-electron chi connectivity index (χ4n) is 2.80. The Morgan fingerprint density at radius 3 is 0.947 bits per heavy atom. The maximum Gasteiger partial charge on any atom is 1.00 e. The van der Waals surface area contributed by atoms with Crippen molar-refractivity contribution >= 4 is 63.7 Å². The Morgan fingerprint density at radius 1 is 0.553 bits per heavy atom. The van der Waals surface area contributed by atoms with E-state index in [0.29, 0.717) is 0 Å². The fraction of sp³-hybridized carbons (Fsp3) is 0.143. The van der Waals surface area contributed by atoms with Crippen LogP contribution >= 0.6 is 23.2 Å². The van der Waals surface area contributed by atoms with Gasteiger partial charge in [0.2, 0.25) is 0 Å². The summed E-state index contributed by atoms with van der Waals surface area (Å²) in [5.41, 5.74) is -1.97. The number of hydrogen-bond acceptors (Lipinski definition) is 14. The van der Waals surface area contributed by atoms with Crippen LogP contribution in [0.2, 0.25) is 10.0 Å². The molecule has 0 amide bonds. The summed E-state index contributed by atoms with van der Waals surface area (Å²) < 4.78 is 150. The summed E-state index contributed by atoms with van der Waals surface area (Å²) in [5.74, 6) is -2.23. The van der Waals surface area contributed by atoms with Crippen molar-refractivity contribution in [3.05, 3.63) is 22.2 Å². The van der Waals surface area contributed by atoms with Crippen LogP contribution in [0.3, 0.4) is 0 Å². The maximum atomic E-state index is 11.8. The zero-order valence-electron chi connectivity index (χ0n) is 20.3. The molecule has 0 bridgehead atoms. The summed E-state index contributed by atoms with van der Waals surface area (Å²) in [5, 5.41) is -2.79. The van der Waals surface area contributed by atoms with Crippen molar-refractivity contribution in [2.24, 2.45) is 0 Å². The molecule has 0 aliphatic rings. The van der Waals surface area contributed by atoms with Gasteiger partial charge >= 0.3 is 118 Å². The standard InChI is InChI=1S/C14H12Cl2O14S4.4Na/c1-29-11-5(3-7(31(17,18)19)9(15)13(11)33(23,24)25)6-4-8(32(20,21)22)10(16)14(12(6)30-2)34(26,27)28;;;;/h3-4H,1-2H3,(H,17,18,19)(H,20,21,22)(H,23,24,25)(H,26,27,28);;;;/q;4*+1/p-4. The molecule has 190 valence electrons. The van der Waals surface area contributed by atoms with Crippen LogP contribution in [0.5, 0.6) is 11.5 Å². The molecule has 0 spiro atoms. The molecule has 24 heteroatoms. The number of ether oxygens (including phenoxy) is 2. The molecule has 0 saturated carbocycles. The van der Waals surface area contributed by atoms with E-state index in [4.69, 9.17) is 32.7 Å². The first-order valence-electron chi connectivity index (χ1n) is 7.82. The molecular formula is C14H8Cl2Na4O14S4. The Labute approximate surface area is 316 Å². The molecule has 0 radical (unpaired) electrons. The quantitative estimate of drug-likeness (QED) is 0.193. The number of benzene rings is 2. The molecule has 0 atom stereocenters. The number of methoxy groups -OCH3 is 2. The van der Waals surface area contributed by atoms with Crippen LogP contribution in [0.15, 0.2) is 31.7 Å². The van der Waals surface area contributed by atoms with Gasteiger partial charge in [-0.2, -0.15) is 0 Å². The molecular weight excluding hydrogens is 683 g/mol. The zero-order valence-corrected chi connectivity index (χ0v) is 33.0. The predicted molar refractivity (Wildman–Crippen MR) is 107 cm³/mol. The van der Waals surface area contributed by atoms with Gasteiger partial charge in [0.25, 0.3) is 0 Å². The minimum absolute atomic E-state index is 0. The van der Waals surface area contributed by atoms with Crippen LogP contribution in [0.1, 0.15) is 0 Å². The summed E-state index contributed by atoms with van der Waals surface area (Å²) >= 11 is 11.3. The minimum Gasteiger partial charge on any atom is -0.744 e. The van der Waals surface area contributed by atoms with E-state index in [0.717, 1.165) is 14.2 Å². The van der Waals surface area contributed by atoms with Crippen molar-refractivity contribution in [3.63, 3.8) is 0 Å². The minimum atomic E-state index is -5.73. The van der Waals surface area contributed by atoms with Crippen LogP contribution in [0.4, 0.5) is 0 Å². The van der Waals surface area contributed by atoms with Gasteiger partial charge in [0.1, 0.15) is 61.8 Å². The van der Waals surface area contributed by atoms with E-state index in [2.05, 4.69) is 0 Å². The number of halogens is 2. The number of rotatable bonds is 7. The van der Waals surface area contributed by atoms with Crippen LogP contribution < -0.4 is 128 Å². The average molecular weight is 691 g/mol. The molecule has 0 aromatic heterocycles. The Balaban J connectivity index is -0.00000306. The fourth-order valence-corrected chi connectivity index (χ4v) is 7.01. The van der Waals surface area contributed by atoms with Gasteiger partial charge in [0.05, 0.1) is 34.1 Å². The normalized spacial score (nSPS) is 11.7. The van der Waals surface area contributed by atoms with Crippen molar-refractivity contribution in [1.82, 2.24) is 0 Å². The second-order valence-electron chi connectivity index (χ2n) is 6.01.